The number of rotatable bonds is 3. The summed E-state index contributed by atoms with van der Waals surface area (Å²) >= 11 is 0. The maximum absolute atomic E-state index is 10.5. The first kappa shape index (κ1) is 11.9. The molecule has 0 amide bonds. The van der Waals surface area contributed by atoms with Crippen LogP contribution in [-0.4, -0.2) is 29.1 Å². The first-order chi connectivity index (χ1) is 8.08. The molecule has 4 heteroatoms. The van der Waals surface area contributed by atoms with Gasteiger partial charge >= 0.3 is 5.97 Å². The van der Waals surface area contributed by atoms with Crippen LogP contribution in [-0.2, 0) is 17.8 Å². The highest BCUT2D eigenvalue weighted by atomic mass is 16.4. The molecule has 0 aliphatic carbocycles. The van der Waals surface area contributed by atoms with Crippen molar-refractivity contribution in [1.29, 1.82) is 0 Å². The number of carboxylic acids is 1. The van der Waals surface area contributed by atoms with E-state index >= 15 is 0 Å². The quantitative estimate of drug-likeness (QED) is 0.776. The molecule has 0 radical (unpaired) electrons. The lowest BCUT2D eigenvalue weighted by atomic mass is 9.95. The Morgan fingerprint density at radius 2 is 2.29 bits per heavy atom. The molecule has 1 heterocycles. The maximum atomic E-state index is 10.5. The van der Waals surface area contributed by atoms with Crippen LogP contribution in [0.1, 0.15) is 23.1 Å². The van der Waals surface area contributed by atoms with Gasteiger partial charge in [-0.2, -0.15) is 0 Å². The van der Waals surface area contributed by atoms with Crippen molar-refractivity contribution in [2.45, 2.75) is 26.3 Å². The zero-order valence-corrected chi connectivity index (χ0v) is 10.1. The van der Waals surface area contributed by atoms with Crippen LogP contribution in [0.3, 0.4) is 0 Å². The molecule has 92 valence electrons. The standard InChI is InChI=1S/C13H18N2O2/c1-9-2-3-10-8-15(7-5-12(16)17)6-4-11(10)13(9)14/h2-3H,4-8,14H2,1H3,(H,16,17). The Bertz CT molecular complexity index is 443. The molecule has 0 spiro atoms. The topological polar surface area (TPSA) is 66.6 Å². The minimum absolute atomic E-state index is 0.205. The summed E-state index contributed by atoms with van der Waals surface area (Å²) in [6.45, 7) is 4.34. The van der Waals surface area contributed by atoms with Gasteiger partial charge in [0.25, 0.3) is 0 Å². The van der Waals surface area contributed by atoms with Crippen LogP contribution in [0.25, 0.3) is 0 Å². The molecule has 0 aromatic heterocycles. The Morgan fingerprint density at radius 3 is 3.00 bits per heavy atom. The largest absolute Gasteiger partial charge is 0.481 e. The molecular weight excluding hydrogens is 216 g/mol. The summed E-state index contributed by atoms with van der Waals surface area (Å²) in [7, 11) is 0. The Balaban J connectivity index is 2.09. The number of nitrogens with zero attached hydrogens (tertiary/aromatic N) is 1. The summed E-state index contributed by atoms with van der Waals surface area (Å²) in [5, 5.41) is 8.67. The van der Waals surface area contributed by atoms with Gasteiger partial charge in [0, 0.05) is 25.3 Å². The van der Waals surface area contributed by atoms with Gasteiger partial charge in [-0.05, 0) is 30.0 Å². The molecule has 0 atom stereocenters. The van der Waals surface area contributed by atoms with Crippen molar-refractivity contribution >= 4 is 11.7 Å². The molecule has 1 aliphatic heterocycles. The molecule has 0 fully saturated rings. The number of nitrogen functional groups attached to an aromatic ring is 1. The molecule has 2 rings (SSSR count). The fourth-order valence-electron chi connectivity index (χ4n) is 2.30. The lowest BCUT2D eigenvalue weighted by Crippen LogP contribution is -2.32. The van der Waals surface area contributed by atoms with Gasteiger partial charge in [-0.25, -0.2) is 0 Å². The van der Waals surface area contributed by atoms with E-state index in [0.717, 1.165) is 30.8 Å². The van der Waals surface area contributed by atoms with Gasteiger partial charge < -0.3 is 10.8 Å². The second-order valence-electron chi connectivity index (χ2n) is 4.60. The van der Waals surface area contributed by atoms with Gasteiger partial charge in [0.1, 0.15) is 0 Å². The zero-order chi connectivity index (χ0) is 12.4. The normalized spacial score (nSPS) is 15.6. The Labute approximate surface area is 101 Å². The average molecular weight is 234 g/mol. The van der Waals surface area contributed by atoms with Crippen molar-refractivity contribution in [1.82, 2.24) is 4.90 Å². The number of carboxylic acid groups (broad SMARTS) is 1. The van der Waals surface area contributed by atoms with Crippen molar-refractivity contribution in [3.8, 4) is 0 Å². The van der Waals surface area contributed by atoms with Crippen LogP contribution < -0.4 is 5.73 Å². The van der Waals surface area contributed by atoms with E-state index in [2.05, 4.69) is 11.0 Å². The van der Waals surface area contributed by atoms with Crippen molar-refractivity contribution in [2.24, 2.45) is 0 Å². The van der Waals surface area contributed by atoms with E-state index in [9.17, 15) is 4.79 Å². The summed E-state index contributed by atoms with van der Waals surface area (Å²) in [5.74, 6) is -0.737. The molecule has 17 heavy (non-hydrogen) atoms. The Morgan fingerprint density at radius 1 is 1.53 bits per heavy atom. The third kappa shape index (κ3) is 2.58. The van der Waals surface area contributed by atoms with Crippen molar-refractivity contribution in [3.63, 3.8) is 0 Å². The molecular formula is C13H18N2O2. The van der Waals surface area contributed by atoms with E-state index < -0.39 is 5.97 Å². The first-order valence-corrected chi connectivity index (χ1v) is 5.89. The van der Waals surface area contributed by atoms with Gasteiger partial charge in [-0.15, -0.1) is 0 Å². The van der Waals surface area contributed by atoms with E-state index in [0.29, 0.717) is 6.54 Å². The monoisotopic (exact) mass is 234 g/mol. The number of carbonyl (C=O) groups is 1. The zero-order valence-electron chi connectivity index (χ0n) is 10.1. The minimum atomic E-state index is -0.737. The lowest BCUT2D eigenvalue weighted by Gasteiger charge is -2.29. The molecule has 1 aliphatic rings. The molecule has 4 nitrogen and oxygen atoms in total. The van der Waals surface area contributed by atoms with E-state index in [1.54, 1.807) is 0 Å². The maximum Gasteiger partial charge on any atom is 0.304 e. The summed E-state index contributed by atoms with van der Waals surface area (Å²) in [6, 6.07) is 4.14. The third-order valence-electron chi connectivity index (χ3n) is 3.39. The highest BCUT2D eigenvalue weighted by molar-refractivity contribution is 5.66. The number of hydrogen-bond acceptors (Lipinski definition) is 3. The van der Waals surface area contributed by atoms with Gasteiger partial charge in [0.05, 0.1) is 6.42 Å². The fourth-order valence-corrected chi connectivity index (χ4v) is 2.30. The molecule has 0 saturated carbocycles. The highest BCUT2D eigenvalue weighted by Crippen LogP contribution is 2.26. The second-order valence-corrected chi connectivity index (χ2v) is 4.60. The number of anilines is 1. The summed E-state index contributed by atoms with van der Waals surface area (Å²) in [4.78, 5) is 12.7. The van der Waals surface area contributed by atoms with E-state index in [4.69, 9.17) is 10.8 Å². The smallest absolute Gasteiger partial charge is 0.304 e. The number of nitrogens with two attached hydrogens (primary N) is 1. The Kier molecular flexibility index (Phi) is 3.33. The fraction of sp³-hybridized carbons (Fsp3) is 0.462. The van der Waals surface area contributed by atoms with E-state index in [1.165, 1.54) is 11.1 Å². The van der Waals surface area contributed by atoms with Crippen LogP contribution in [0.2, 0.25) is 0 Å². The number of hydrogen-bond donors (Lipinski definition) is 2. The molecule has 0 bridgehead atoms. The van der Waals surface area contributed by atoms with Gasteiger partial charge in [0.15, 0.2) is 0 Å². The number of aliphatic carboxylic acids is 1. The van der Waals surface area contributed by atoms with Crippen molar-refractivity contribution in [3.05, 3.63) is 28.8 Å². The predicted molar refractivity (Wildman–Crippen MR) is 66.8 cm³/mol. The summed E-state index contributed by atoms with van der Waals surface area (Å²) in [5.41, 5.74) is 10.6. The van der Waals surface area contributed by atoms with Crippen LogP contribution in [0, 0.1) is 6.92 Å². The Hall–Kier alpha value is -1.55. The van der Waals surface area contributed by atoms with Gasteiger partial charge in [0.2, 0.25) is 0 Å². The van der Waals surface area contributed by atoms with E-state index in [-0.39, 0.29) is 6.42 Å². The minimum Gasteiger partial charge on any atom is -0.481 e. The van der Waals surface area contributed by atoms with Gasteiger partial charge in [-0.3, -0.25) is 9.69 Å². The SMILES string of the molecule is Cc1ccc2c(c1N)CCN(CCC(=O)O)C2. The van der Waals surface area contributed by atoms with Crippen LogP contribution in [0.15, 0.2) is 12.1 Å². The number of benzene rings is 1. The molecule has 1 aromatic rings. The molecule has 0 saturated heterocycles. The average Bonchev–Trinajstić information content (AvgIpc) is 2.31. The second kappa shape index (κ2) is 4.75. The van der Waals surface area contributed by atoms with Crippen LogP contribution in [0.5, 0.6) is 0 Å². The van der Waals surface area contributed by atoms with Crippen molar-refractivity contribution < 1.29 is 9.90 Å². The molecule has 3 N–H and O–H groups in total. The predicted octanol–water partition coefficient (Wildman–Crippen LogP) is 1.41. The molecule has 0 unspecified atom stereocenters. The first-order valence-electron chi connectivity index (χ1n) is 5.89. The van der Waals surface area contributed by atoms with Crippen LogP contribution in [0.4, 0.5) is 5.69 Å². The molecule has 1 aromatic carbocycles. The third-order valence-corrected chi connectivity index (χ3v) is 3.39. The van der Waals surface area contributed by atoms with E-state index in [1.807, 2.05) is 13.0 Å². The summed E-state index contributed by atoms with van der Waals surface area (Å²) in [6.07, 6.45) is 1.12. The van der Waals surface area contributed by atoms with Gasteiger partial charge in [-0.1, -0.05) is 12.1 Å². The van der Waals surface area contributed by atoms with Crippen molar-refractivity contribution in [2.75, 3.05) is 18.8 Å². The highest BCUT2D eigenvalue weighted by Gasteiger charge is 2.19. The lowest BCUT2D eigenvalue weighted by molar-refractivity contribution is -0.137. The summed E-state index contributed by atoms with van der Waals surface area (Å²) < 4.78 is 0. The number of fused-ring (bicyclic) bond motifs is 1. The number of aryl methyl sites for hydroxylation is 1. The van der Waals surface area contributed by atoms with Crippen LogP contribution >= 0.6 is 0 Å².